The van der Waals surface area contributed by atoms with Crippen molar-refractivity contribution in [2.45, 2.75) is 76.2 Å². The fraction of sp³-hybridized carbons (Fsp3) is 0.538. The number of rotatable bonds is 2. The van der Waals surface area contributed by atoms with E-state index in [1.54, 1.807) is 0 Å². The molecule has 1 aliphatic carbocycles. The number of hydrogen-bond donors (Lipinski definition) is 1. The minimum atomic E-state index is -0.787. The number of allylic oxidation sites excluding steroid dienone is 3. The highest BCUT2D eigenvalue weighted by Crippen LogP contribution is 2.58. The van der Waals surface area contributed by atoms with Crippen LogP contribution in [0.25, 0.3) is 11.3 Å². The van der Waals surface area contributed by atoms with Crippen LogP contribution in [0.4, 0.5) is 0 Å². The molecule has 0 unspecified atom stereocenters. The van der Waals surface area contributed by atoms with Crippen LogP contribution in [0.15, 0.2) is 23.3 Å². The average Bonchev–Trinajstić information content (AvgIpc) is 2.59. The Morgan fingerprint density at radius 1 is 0.828 bits per heavy atom. The van der Waals surface area contributed by atoms with Crippen molar-refractivity contribution < 1.29 is 14.7 Å². The van der Waals surface area contributed by atoms with Crippen LogP contribution >= 0.6 is 0 Å². The summed E-state index contributed by atoms with van der Waals surface area (Å²) < 4.78 is 0. The summed E-state index contributed by atoms with van der Waals surface area (Å²) in [5, 5.41) is 11.3. The SMILES string of the molecule is CC(C)=C(C)c1c(C)ccc(C(O)=C2C(=O)C(C)(C)C(C)(C)C(C)(C)C2=O)c1C. The van der Waals surface area contributed by atoms with Crippen LogP contribution < -0.4 is 0 Å². The van der Waals surface area contributed by atoms with Gasteiger partial charge < -0.3 is 5.11 Å². The number of hydrogen-bond acceptors (Lipinski definition) is 3. The lowest BCUT2D eigenvalue weighted by molar-refractivity contribution is -0.153. The Morgan fingerprint density at radius 2 is 1.28 bits per heavy atom. The maximum absolute atomic E-state index is 13.4. The summed E-state index contributed by atoms with van der Waals surface area (Å²) in [4.78, 5) is 26.9. The monoisotopic (exact) mass is 396 g/mol. The standard InChI is InChI=1S/C26H36O3/c1-14(2)16(4)19-15(3)12-13-18(17(19)5)21(27)20-22(28)24(6,7)26(10,11)25(8,9)23(20)29/h12-13,27H,1-11H3. The Bertz CT molecular complexity index is 930. The number of benzene rings is 1. The molecule has 1 aromatic carbocycles. The molecule has 29 heavy (non-hydrogen) atoms. The van der Waals surface area contributed by atoms with E-state index >= 15 is 0 Å². The Balaban J connectivity index is 2.87. The van der Waals surface area contributed by atoms with E-state index < -0.39 is 16.2 Å². The second-order valence-electron chi connectivity index (χ2n) is 10.3. The van der Waals surface area contributed by atoms with Gasteiger partial charge in [-0.3, -0.25) is 9.59 Å². The molecule has 0 bridgehead atoms. The highest BCUT2D eigenvalue weighted by Gasteiger charge is 2.61. The maximum Gasteiger partial charge on any atom is 0.176 e. The van der Waals surface area contributed by atoms with Gasteiger partial charge in [0, 0.05) is 16.4 Å². The van der Waals surface area contributed by atoms with Gasteiger partial charge in [-0.1, -0.05) is 59.2 Å². The molecule has 2 rings (SSSR count). The molecule has 0 aliphatic heterocycles. The number of aryl methyl sites for hydroxylation is 1. The summed E-state index contributed by atoms with van der Waals surface area (Å²) in [6.07, 6.45) is 0. The van der Waals surface area contributed by atoms with Gasteiger partial charge >= 0.3 is 0 Å². The number of carbonyl (C=O) groups is 2. The zero-order valence-electron chi connectivity index (χ0n) is 19.9. The van der Waals surface area contributed by atoms with Gasteiger partial charge in [-0.15, -0.1) is 0 Å². The fourth-order valence-corrected chi connectivity index (χ4v) is 4.36. The molecule has 158 valence electrons. The molecule has 1 saturated carbocycles. The largest absolute Gasteiger partial charge is 0.506 e. The Labute approximate surface area is 175 Å². The fourth-order valence-electron chi connectivity index (χ4n) is 4.36. The number of aliphatic hydroxyl groups is 1. The minimum Gasteiger partial charge on any atom is -0.506 e. The van der Waals surface area contributed by atoms with Crippen molar-refractivity contribution in [2.75, 3.05) is 0 Å². The molecule has 3 nitrogen and oxygen atoms in total. The molecule has 0 heterocycles. The van der Waals surface area contributed by atoms with Gasteiger partial charge in [0.05, 0.1) is 0 Å². The summed E-state index contributed by atoms with van der Waals surface area (Å²) in [5.41, 5.74) is 3.74. The molecule has 0 aromatic heterocycles. The van der Waals surface area contributed by atoms with Gasteiger partial charge in [-0.2, -0.15) is 0 Å². The molecule has 0 atom stereocenters. The Kier molecular flexibility index (Phi) is 5.55. The van der Waals surface area contributed by atoms with Gasteiger partial charge in [0.15, 0.2) is 11.6 Å². The summed E-state index contributed by atoms with van der Waals surface area (Å²) in [6, 6.07) is 3.76. The Morgan fingerprint density at radius 3 is 1.69 bits per heavy atom. The number of aliphatic hydroxyl groups excluding tert-OH is 1. The highest BCUT2D eigenvalue weighted by atomic mass is 16.3. The van der Waals surface area contributed by atoms with Crippen molar-refractivity contribution in [1.82, 2.24) is 0 Å². The Hall–Kier alpha value is -2.16. The predicted molar refractivity (Wildman–Crippen MR) is 121 cm³/mol. The van der Waals surface area contributed by atoms with Crippen LogP contribution in [-0.4, -0.2) is 16.7 Å². The quantitative estimate of drug-likeness (QED) is 0.347. The van der Waals surface area contributed by atoms with Gasteiger partial charge in [0.1, 0.15) is 11.3 Å². The first-order valence-electron chi connectivity index (χ1n) is 10.3. The predicted octanol–water partition coefficient (Wildman–Crippen LogP) is 6.62. The topological polar surface area (TPSA) is 54.4 Å². The third-order valence-corrected chi connectivity index (χ3v) is 8.00. The molecule has 1 aliphatic rings. The first-order chi connectivity index (χ1) is 13.0. The van der Waals surface area contributed by atoms with Crippen LogP contribution in [0.3, 0.4) is 0 Å². The molecule has 0 spiro atoms. The van der Waals surface area contributed by atoms with Crippen molar-refractivity contribution >= 4 is 22.9 Å². The summed E-state index contributed by atoms with van der Waals surface area (Å²) >= 11 is 0. The summed E-state index contributed by atoms with van der Waals surface area (Å²) in [5.74, 6) is -0.772. The van der Waals surface area contributed by atoms with E-state index in [-0.39, 0.29) is 22.9 Å². The van der Waals surface area contributed by atoms with Gasteiger partial charge in [-0.25, -0.2) is 0 Å². The smallest absolute Gasteiger partial charge is 0.176 e. The van der Waals surface area contributed by atoms with Crippen molar-refractivity contribution in [3.63, 3.8) is 0 Å². The lowest BCUT2D eigenvalue weighted by Crippen LogP contribution is -2.58. The molecule has 1 fully saturated rings. The molecule has 0 radical (unpaired) electrons. The van der Waals surface area contributed by atoms with Gasteiger partial charge in [0.25, 0.3) is 0 Å². The van der Waals surface area contributed by atoms with Crippen LogP contribution in [0.1, 0.15) is 84.6 Å². The number of carbonyl (C=O) groups excluding carboxylic acids is 2. The molecular formula is C26H36O3. The molecular weight excluding hydrogens is 360 g/mol. The third-order valence-electron chi connectivity index (χ3n) is 8.00. The number of Topliss-reactive ketones (excluding diaryl/α,β-unsaturated/α-hetero) is 2. The molecule has 3 heteroatoms. The normalized spacial score (nSPS) is 19.9. The van der Waals surface area contributed by atoms with Crippen LogP contribution in [-0.2, 0) is 9.59 Å². The molecule has 0 saturated heterocycles. The van der Waals surface area contributed by atoms with Crippen LogP contribution in [0.2, 0.25) is 0 Å². The zero-order chi connectivity index (χ0) is 22.7. The second kappa shape index (κ2) is 6.97. The van der Waals surface area contributed by atoms with Crippen LogP contribution in [0.5, 0.6) is 0 Å². The first kappa shape index (κ1) is 23.1. The van der Waals surface area contributed by atoms with Crippen molar-refractivity contribution in [3.8, 4) is 0 Å². The molecule has 1 aromatic rings. The van der Waals surface area contributed by atoms with E-state index in [2.05, 4.69) is 20.8 Å². The van der Waals surface area contributed by atoms with E-state index in [1.165, 1.54) is 5.57 Å². The number of ketones is 2. The van der Waals surface area contributed by atoms with Crippen molar-refractivity contribution in [1.29, 1.82) is 0 Å². The van der Waals surface area contributed by atoms with E-state index in [0.29, 0.717) is 5.56 Å². The lowest BCUT2D eigenvalue weighted by atomic mass is 9.47. The maximum atomic E-state index is 13.4. The van der Waals surface area contributed by atoms with E-state index in [4.69, 9.17) is 0 Å². The average molecular weight is 397 g/mol. The van der Waals surface area contributed by atoms with Gasteiger partial charge in [0.2, 0.25) is 0 Å². The highest BCUT2D eigenvalue weighted by molar-refractivity contribution is 6.29. The minimum absolute atomic E-state index is 0.0629. The van der Waals surface area contributed by atoms with Gasteiger partial charge in [-0.05, 0) is 62.3 Å². The second-order valence-corrected chi connectivity index (χ2v) is 10.3. The van der Waals surface area contributed by atoms with Crippen LogP contribution in [0, 0.1) is 30.1 Å². The first-order valence-corrected chi connectivity index (χ1v) is 10.3. The molecule has 1 N–H and O–H groups in total. The summed E-state index contributed by atoms with van der Waals surface area (Å²) in [7, 11) is 0. The zero-order valence-corrected chi connectivity index (χ0v) is 19.9. The third kappa shape index (κ3) is 3.10. The van der Waals surface area contributed by atoms with E-state index in [9.17, 15) is 14.7 Å². The van der Waals surface area contributed by atoms with Crippen molar-refractivity contribution in [2.24, 2.45) is 16.2 Å². The van der Waals surface area contributed by atoms with E-state index in [0.717, 1.165) is 22.3 Å². The molecule has 0 amide bonds. The lowest BCUT2D eigenvalue weighted by Gasteiger charge is -2.54. The van der Waals surface area contributed by atoms with Crippen molar-refractivity contribution in [3.05, 3.63) is 45.5 Å². The van der Waals surface area contributed by atoms with E-state index in [1.807, 2.05) is 67.5 Å². The summed E-state index contributed by atoms with van der Waals surface area (Å²) in [6.45, 7) is 21.6.